The van der Waals surface area contributed by atoms with Crippen molar-refractivity contribution in [3.8, 4) is 11.5 Å². The molecule has 2 aromatic carbocycles. The molecule has 0 aliphatic carbocycles. The summed E-state index contributed by atoms with van der Waals surface area (Å²) in [5, 5.41) is 0.106. The zero-order chi connectivity index (χ0) is 23.7. The first-order valence-corrected chi connectivity index (χ1v) is 11.5. The van der Waals surface area contributed by atoms with Crippen LogP contribution in [0.15, 0.2) is 47.8 Å². The Morgan fingerprint density at radius 1 is 1.24 bits per heavy atom. The van der Waals surface area contributed by atoms with Crippen molar-refractivity contribution in [1.29, 1.82) is 0 Å². The maximum atomic E-state index is 13.3. The van der Waals surface area contributed by atoms with Crippen LogP contribution < -0.4 is 9.47 Å². The summed E-state index contributed by atoms with van der Waals surface area (Å²) in [6, 6.07) is 8.37. The Kier molecular flexibility index (Phi) is 6.55. The van der Waals surface area contributed by atoms with Crippen LogP contribution in [0.5, 0.6) is 11.5 Å². The first kappa shape index (κ1) is 23.0. The molecule has 0 saturated carbocycles. The lowest BCUT2D eigenvalue weighted by molar-refractivity contribution is 0.0735. The number of carbonyl (C=O) groups excluding carboxylic acids is 1. The molecule has 1 atom stereocenters. The number of ether oxygens (including phenoxy) is 2. The van der Waals surface area contributed by atoms with E-state index in [9.17, 15) is 13.7 Å². The van der Waals surface area contributed by atoms with Crippen LogP contribution >= 0.6 is 11.6 Å². The van der Waals surface area contributed by atoms with E-state index in [-0.39, 0.29) is 27.2 Å². The Hall–Kier alpha value is -3.14. The lowest BCUT2D eigenvalue weighted by atomic mass is 10.1. The van der Waals surface area contributed by atoms with Gasteiger partial charge in [0.15, 0.2) is 5.75 Å². The second kappa shape index (κ2) is 9.38. The van der Waals surface area contributed by atoms with Crippen LogP contribution in [0, 0.1) is 19.7 Å². The van der Waals surface area contributed by atoms with E-state index < -0.39 is 23.0 Å². The minimum Gasteiger partial charge on any atom is -0.609 e. The van der Waals surface area contributed by atoms with E-state index >= 15 is 0 Å². The third kappa shape index (κ3) is 4.80. The summed E-state index contributed by atoms with van der Waals surface area (Å²) in [6.45, 7) is 3.77. The zero-order valence-corrected chi connectivity index (χ0v) is 19.5. The highest BCUT2D eigenvalue weighted by Crippen LogP contribution is 2.27. The molecule has 0 aliphatic heterocycles. The summed E-state index contributed by atoms with van der Waals surface area (Å²) >= 11 is 4.24. The number of imidazole rings is 1. The van der Waals surface area contributed by atoms with E-state index in [1.54, 1.807) is 31.5 Å². The number of hydrogen-bond acceptors (Lipinski definition) is 6. The average molecular weight is 488 g/mol. The van der Waals surface area contributed by atoms with Gasteiger partial charge >= 0.3 is 11.1 Å². The Morgan fingerprint density at radius 2 is 2.03 bits per heavy atom. The standard InChI is InChI=1S/C23H19ClFN3O4S/c1-12-10-26-20(13(2)21(12)31-3)11-33(30)23-27-18-7-5-15(9-19(18)28-23)32-22(29)14-4-6-17(25)16(24)8-14/h4-10H,11H2,1-3H3,(H,27,28). The fourth-order valence-electron chi connectivity index (χ4n) is 3.33. The minimum atomic E-state index is -1.49. The number of aryl methyl sites for hydroxylation is 1. The van der Waals surface area contributed by atoms with Crippen molar-refractivity contribution >= 4 is 39.8 Å². The summed E-state index contributed by atoms with van der Waals surface area (Å²) in [6.07, 6.45) is 1.69. The van der Waals surface area contributed by atoms with Crippen LogP contribution in [0.4, 0.5) is 4.39 Å². The Morgan fingerprint density at radius 3 is 2.76 bits per heavy atom. The van der Waals surface area contributed by atoms with Crippen LogP contribution in [-0.2, 0) is 16.9 Å². The number of carbonyl (C=O) groups is 1. The van der Waals surface area contributed by atoms with E-state index in [0.717, 1.165) is 22.9 Å². The van der Waals surface area contributed by atoms with Crippen LogP contribution in [-0.4, -0.2) is 32.6 Å². The molecule has 0 saturated heterocycles. The van der Waals surface area contributed by atoms with E-state index in [1.807, 2.05) is 13.8 Å². The van der Waals surface area contributed by atoms with Gasteiger partial charge in [0, 0.05) is 34.6 Å². The molecular formula is C23H19ClFN3O4S. The van der Waals surface area contributed by atoms with Gasteiger partial charge in [-0.25, -0.2) is 9.18 Å². The molecule has 7 nitrogen and oxygen atoms in total. The third-order valence-corrected chi connectivity index (χ3v) is 6.48. The van der Waals surface area contributed by atoms with E-state index in [0.29, 0.717) is 16.7 Å². The molecule has 33 heavy (non-hydrogen) atoms. The van der Waals surface area contributed by atoms with Gasteiger partial charge in [-0.15, -0.1) is 0 Å². The van der Waals surface area contributed by atoms with Gasteiger partial charge in [0.05, 0.1) is 34.4 Å². The van der Waals surface area contributed by atoms with E-state index in [4.69, 9.17) is 21.1 Å². The first-order valence-electron chi connectivity index (χ1n) is 9.81. The number of nitrogens with one attached hydrogen (secondary N) is 1. The fraction of sp³-hybridized carbons (Fsp3) is 0.174. The van der Waals surface area contributed by atoms with Gasteiger partial charge < -0.3 is 14.0 Å². The summed E-state index contributed by atoms with van der Waals surface area (Å²) in [4.78, 5) is 24.1. The van der Waals surface area contributed by atoms with Crippen molar-refractivity contribution in [1.82, 2.24) is 15.0 Å². The van der Waals surface area contributed by atoms with Crippen molar-refractivity contribution in [3.05, 3.63) is 75.8 Å². The number of fused-ring (bicyclic) bond motifs is 1. The number of pyridine rings is 1. The number of methoxy groups -OCH3 is 1. The van der Waals surface area contributed by atoms with E-state index in [1.165, 1.54) is 12.1 Å². The van der Waals surface area contributed by atoms with Crippen LogP contribution in [0.2, 0.25) is 5.02 Å². The van der Waals surface area contributed by atoms with Gasteiger partial charge in [-0.1, -0.05) is 11.6 Å². The number of esters is 1. The molecule has 0 bridgehead atoms. The Labute approximate surface area is 197 Å². The molecule has 2 heterocycles. The molecule has 0 radical (unpaired) electrons. The number of H-pyrrole nitrogens is 1. The van der Waals surface area contributed by atoms with Crippen molar-refractivity contribution in [2.45, 2.75) is 24.8 Å². The van der Waals surface area contributed by atoms with Gasteiger partial charge in [0.1, 0.15) is 17.3 Å². The minimum absolute atomic E-state index is 0.113. The van der Waals surface area contributed by atoms with Crippen molar-refractivity contribution < 1.29 is 23.2 Å². The summed E-state index contributed by atoms with van der Waals surface area (Å²) in [5.41, 5.74) is 3.61. The SMILES string of the molecule is COc1c(C)cnc(C[S+]([O-])c2nc3cc(OC(=O)c4ccc(F)c(Cl)c4)ccc3[nH]2)c1C. The molecule has 4 aromatic rings. The average Bonchev–Trinajstić information content (AvgIpc) is 3.21. The number of halogens is 2. The van der Waals surface area contributed by atoms with Gasteiger partial charge in [0.2, 0.25) is 0 Å². The smallest absolute Gasteiger partial charge is 0.343 e. The second-order valence-corrected chi connectivity index (χ2v) is 9.05. The molecule has 1 unspecified atom stereocenters. The molecule has 0 fully saturated rings. The predicted molar refractivity (Wildman–Crippen MR) is 123 cm³/mol. The molecular weight excluding hydrogens is 469 g/mol. The maximum absolute atomic E-state index is 13.3. The number of benzene rings is 2. The summed E-state index contributed by atoms with van der Waals surface area (Å²) in [7, 11) is 1.59. The van der Waals surface area contributed by atoms with Gasteiger partial charge in [-0.05, 0) is 44.2 Å². The van der Waals surface area contributed by atoms with Crippen molar-refractivity contribution in [2.75, 3.05) is 7.11 Å². The topological polar surface area (TPSA) is 100 Å². The van der Waals surface area contributed by atoms with Gasteiger partial charge in [0.25, 0.3) is 0 Å². The third-order valence-electron chi connectivity index (χ3n) is 5.03. The number of nitrogens with zero attached hydrogens (tertiary/aromatic N) is 2. The second-order valence-electron chi connectivity index (χ2n) is 7.28. The number of aromatic amines is 1. The highest BCUT2D eigenvalue weighted by atomic mass is 35.5. The summed E-state index contributed by atoms with van der Waals surface area (Å²) in [5.74, 6) is -0.199. The normalized spacial score (nSPS) is 12.1. The predicted octanol–water partition coefficient (Wildman–Crippen LogP) is 4.90. The van der Waals surface area contributed by atoms with Crippen LogP contribution in [0.3, 0.4) is 0 Å². The molecule has 0 aliphatic rings. The summed E-state index contributed by atoms with van der Waals surface area (Å²) < 4.78 is 37.0. The lowest BCUT2D eigenvalue weighted by Crippen LogP contribution is -2.10. The zero-order valence-electron chi connectivity index (χ0n) is 17.9. The van der Waals surface area contributed by atoms with E-state index in [2.05, 4.69) is 15.0 Å². The molecule has 10 heteroatoms. The molecule has 4 rings (SSSR count). The Bertz CT molecular complexity index is 1360. The number of aromatic nitrogens is 3. The molecule has 2 aromatic heterocycles. The fourth-order valence-corrected chi connectivity index (χ4v) is 4.61. The largest absolute Gasteiger partial charge is 0.609 e. The molecule has 1 N–H and O–H groups in total. The number of hydrogen-bond donors (Lipinski definition) is 1. The molecule has 0 amide bonds. The highest BCUT2D eigenvalue weighted by Gasteiger charge is 2.21. The van der Waals surface area contributed by atoms with Crippen molar-refractivity contribution in [3.63, 3.8) is 0 Å². The highest BCUT2D eigenvalue weighted by molar-refractivity contribution is 7.90. The van der Waals surface area contributed by atoms with Crippen LogP contribution in [0.1, 0.15) is 27.2 Å². The monoisotopic (exact) mass is 487 g/mol. The molecule has 170 valence electrons. The first-order chi connectivity index (χ1) is 15.8. The van der Waals surface area contributed by atoms with Gasteiger partial charge in [-0.2, -0.15) is 4.98 Å². The maximum Gasteiger partial charge on any atom is 0.343 e. The molecule has 0 spiro atoms. The quantitative estimate of drug-likeness (QED) is 0.236. The Balaban J connectivity index is 1.53. The lowest BCUT2D eigenvalue weighted by Gasteiger charge is -2.13. The van der Waals surface area contributed by atoms with Crippen LogP contribution in [0.25, 0.3) is 11.0 Å². The van der Waals surface area contributed by atoms with Crippen molar-refractivity contribution in [2.24, 2.45) is 0 Å². The number of rotatable bonds is 6. The van der Waals surface area contributed by atoms with Gasteiger partial charge in [-0.3, -0.25) is 9.97 Å².